The van der Waals surface area contributed by atoms with Crippen LogP contribution in [0.1, 0.15) is 19.0 Å². The number of amides is 2. The molecule has 0 aromatic carbocycles. The van der Waals surface area contributed by atoms with Crippen molar-refractivity contribution >= 4 is 11.7 Å². The molecule has 0 aliphatic rings. The largest absolute Gasteiger partial charge is 0.408 e. The zero-order valence-corrected chi connectivity index (χ0v) is 13.5. The molecule has 0 aliphatic carbocycles. The summed E-state index contributed by atoms with van der Waals surface area (Å²) in [4.78, 5) is 11.9. The van der Waals surface area contributed by atoms with E-state index in [0.717, 1.165) is 29.4 Å². The average Bonchev–Trinajstić information content (AvgIpc) is 3.04. The average molecular weight is 343 g/mol. The van der Waals surface area contributed by atoms with Crippen molar-refractivity contribution in [1.29, 1.82) is 0 Å². The third-order valence-corrected chi connectivity index (χ3v) is 3.49. The maximum atomic E-state index is 12.3. The van der Waals surface area contributed by atoms with Gasteiger partial charge < -0.3 is 15.2 Å². The number of carbonyl (C=O) groups excluding carboxylic acids is 1. The number of halogens is 3. The number of urea groups is 1. The van der Waals surface area contributed by atoms with Crippen molar-refractivity contribution in [3.8, 4) is 0 Å². The first-order valence-corrected chi connectivity index (χ1v) is 7.50. The Bertz CT molecular complexity index is 677. The van der Waals surface area contributed by atoms with E-state index in [1.165, 1.54) is 6.20 Å². The standard InChI is InChI=1S/C15H20F3N5O/c1-11(5-6-13-4-3-7-22(13)2)20-14(24)21-12-8-19-23(9-12)10-15(16,17)18/h3-4,7-9,11H,5-6,10H2,1-2H3,(H2,20,21,24). The summed E-state index contributed by atoms with van der Waals surface area (Å²) in [6.07, 6.45) is 1.49. The molecule has 0 spiro atoms. The first-order valence-electron chi connectivity index (χ1n) is 7.50. The molecule has 1 unspecified atom stereocenters. The fourth-order valence-electron chi connectivity index (χ4n) is 2.28. The lowest BCUT2D eigenvalue weighted by Gasteiger charge is -2.14. The Morgan fingerprint density at radius 2 is 2.17 bits per heavy atom. The monoisotopic (exact) mass is 343 g/mol. The van der Waals surface area contributed by atoms with Crippen LogP contribution in [0.25, 0.3) is 0 Å². The van der Waals surface area contributed by atoms with E-state index in [4.69, 9.17) is 0 Å². The number of hydrogen-bond acceptors (Lipinski definition) is 2. The van der Waals surface area contributed by atoms with Gasteiger partial charge in [0.05, 0.1) is 11.9 Å². The molecule has 0 radical (unpaired) electrons. The third-order valence-electron chi connectivity index (χ3n) is 3.49. The van der Waals surface area contributed by atoms with Crippen LogP contribution in [0.4, 0.5) is 23.7 Å². The van der Waals surface area contributed by atoms with Crippen molar-refractivity contribution in [2.45, 2.75) is 38.5 Å². The Balaban J connectivity index is 1.77. The van der Waals surface area contributed by atoms with Crippen molar-refractivity contribution in [3.63, 3.8) is 0 Å². The number of anilines is 1. The Morgan fingerprint density at radius 3 is 2.79 bits per heavy atom. The zero-order chi connectivity index (χ0) is 17.7. The second kappa shape index (κ2) is 7.41. The third kappa shape index (κ3) is 5.64. The summed E-state index contributed by atoms with van der Waals surface area (Å²) in [5.74, 6) is 0. The van der Waals surface area contributed by atoms with Gasteiger partial charge in [0.15, 0.2) is 0 Å². The number of aryl methyl sites for hydroxylation is 2. The van der Waals surface area contributed by atoms with Crippen LogP contribution in [0.15, 0.2) is 30.7 Å². The molecule has 0 aliphatic heterocycles. The molecule has 2 aromatic heterocycles. The number of hydrogen-bond donors (Lipinski definition) is 2. The van der Waals surface area contributed by atoms with Crippen LogP contribution in [-0.4, -0.2) is 32.6 Å². The van der Waals surface area contributed by atoms with Gasteiger partial charge in [-0.2, -0.15) is 18.3 Å². The number of nitrogens with one attached hydrogen (secondary N) is 2. The van der Waals surface area contributed by atoms with Gasteiger partial charge in [0.25, 0.3) is 0 Å². The van der Waals surface area contributed by atoms with E-state index < -0.39 is 18.8 Å². The van der Waals surface area contributed by atoms with Crippen molar-refractivity contribution in [2.75, 3.05) is 5.32 Å². The van der Waals surface area contributed by atoms with Gasteiger partial charge in [-0.25, -0.2) is 4.79 Å². The van der Waals surface area contributed by atoms with Gasteiger partial charge in [-0.05, 0) is 31.9 Å². The summed E-state index contributed by atoms with van der Waals surface area (Å²) in [6, 6.07) is 3.42. The summed E-state index contributed by atoms with van der Waals surface area (Å²) in [5.41, 5.74) is 1.38. The van der Waals surface area contributed by atoms with Crippen molar-refractivity contribution in [3.05, 3.63) is 36.4 Å². The number of rotatable bonds is 6. The van der Waals surface area contributed by atoms with Gasteiger partial charge >= 0.3 is 12.2 Å². The molecule has 2 rings (SSSR count). The highest BCUT2D eigenvalue weighted by Crippen LogP contribution is 2.18. The van der Waals surface area contributed by atoms with E-state index in [2.05, 4.69) is 15.7 Å². The molecule has 0 saturated heterocycles. The lowest BCUT2D eigenvalue weighted by Crippen LogP contribution is -2.36. The second-order valence-electron chi connectivity index (χ2n) is 5.69. The van der Waals surface area contributed by atoms with Crippen LogP contribution in [0.5, 0.6) is 0 Å². The molecular formula is C15H20F3N5O. The molecule has 9 heteroatoms. The minimum Gasteiger partial charge on any atom is -0.354 e. The maximum Gasteiger partial charge on any atom is 0.408 e. The number of aromatic nitrogens is 3. The van der Waals surface area contributed by atoms with E-state index in [1.807, 2.05) is 36.9 Å². The lowest BCUT2D eigenvalue weighted by molar-refractivity contribution is -0.142. The second-order valence-corrected chi connectivity index (χ2v) is 5.69. The van der Waals surface area contributed by atoms with Gasteiger partial charge in [-0.1, -0.05) is 0 Å². The molecule has 24 heavy (non-hydrogen) atoms. The Hall–Kier alpha value is -2.45. The quantitative estimate of drug-likeness (QED) is 0.847. The van der Waals surface area contributed by atoms with E-state index in [0.29, 0.717) is 0 Å². The van der Waals surface area contributed by atoms with Crippen LogP contribution in [0.2, 0.25) is 0 Å². The predicted octanol–water partition coefficient (Wildman–Crippen LogP) is 2.93. The molecule has 132 valence electrons. The van der Waals surface area contributed by atoms with Gasteiger partial charge in [0.2, 0.25) is 0 Å². The van der Waals surface area contributed by atoms with E-state index in [9.17, 15) is 18.0 Å². The topological polar surface area (TPSA) is 63.9 Å². The fourth-order valence-corrected chi connectivity index (χ4v) is 2.28. The summed E-state index contributed by atoms with van der Waals surface area (Å²) < 4.78 is 39.5. The molecule has 2 amide bonds. The maximum absolute atomic E-state index is 12.3. The molecule has 2 N–H and O–H groups in total. The normalized spacial score (nSPS) is 12.9. The SMILES string of the molecule is CC(CCc1cccn1C)NC(=O)Nc1cnn(CC(F)(F)F)c1. The van der Waals surface area contributed by atoms with Crippen LogP contribution >= 0.6 is 0 Å². The summed E-state index contributed by atoms with van der Waals surface area (Å²) in [7, 11) is 1.96. The highest BCUT2D eigenvalue weighted by Gasteiger charge is 2.28. The Morgan fingerprint density at radius 1 is 1.42 bits per heavy atom. The summed E-state index contributed by atoms with van der Waals surface area (Å²) in [6.45, 7) is 0.680. The first-order chi connectivity index (χ1) is 11.2. The van der Waals surface area contributed by atoms with Crippen molar-refractivity contribution in [2.24, 2.45) is 7.05 Å². The summed E-state index contributed by atoms with van der Waals surface area (Å²) >= 11 is 0. The molecule has 6 nitrogen and oxygen atoms in total. The van der Waals surface area contributed by atoms with Crippen LogP contribution in [-0.2, 0) is 20.0 Å². The van der Waals surface area contributed by atoms with Gasteiger partial charge in [-0.15, -0.1) is 0 Å². The fraction of sp³-hybridized carbons (Fsp3) is 0.467. The van der Waals surface area contributed by atoms with Gasteiger partial charge in [0.1, 0.15) is 6.54 Å². The van der Waals surface area contributed by atoms with Crippen molar-refractivity contribution < 1.29 is 18.0 Å². The molecule has 0 saturated carbocycles. The Labute approximate surface area is 137 Å². The molecule has 2 heterocycles. The smallest absolute Gasteiger partial charge is 0.354 e. The first kappa shape index (κ1) is 17.9. The van der Waals surface area contributed by atoms with Crippen molar-refractivity contribution in [1.82, 2.24) is 19.7 Å². The van der Waals surface area contributed by atoms with E-state index in [-0.39, 0.29) is 11.7 Å². The highest BCUT2D eigenvalue weighted by molar-refractivity contribution is 5.89. The Kier molecular flexibility index (Phi) is 5.53. The minimum atomic E-state index is -4.35. The van der Waals surface area contributed by atoms with Gasteiger partial charge in [-0.3, -0.25) is 4.68 Å². The lowest BCUT2D eigenvalue weighted by atomic mass is 10.1. The predicted molar refractivity (Wildman–Crippen MR) is 83.6 cm³/mol. The number of carbonyl (C=O) groups is 1. The molecule has 0 bridgehead atoms. The van der Waals surface area contributed by atoms with Crippen LogP contribution in [0.3, 0.4) is 0 Å². The minimum absolute atomic E-state index is 0.0786. The van der Waals surface area contributed by atoms with Crippen LogP contribution < -0.4 is 10.6 Å². The van der Waals surface area contributed by atoms with Crippen LogP contribution in [0, 0.1) is 0 Å². The summed E-state index contributed by atoms with van der Waals surface area (Å²) in [5, 5.41) is 8.79. The van der Waals surface area contributed by atoms with Gasteiger partial charge in [0, 0.05) is 31.2 Å². The van der Waals surface area contributed by atoms with E-state index in [1.54, 1.807) is 0 Å². The molecule has 1 atom stereocenters. The highest BCUT2D eigenvalue weighted by atomic mass is 19.4. The van der Waals surface area contributed by atoms with E-state index >= 15 is 0 Å². The molecular weight excluding hydrogens is 323 g/mol. The number of alkyl halides is 3. The molecule has 0 fully saturated rings. The zero-order valence-electron chi connectivity index (χ0n) is 13.5. The molecule has 2 aromatic rings. The number of nitrogens with zero attached hydrogens (tertiary/aromatic N) is 3.